The molecule has 1 aliphatic rings. The minimum absolute atomic E-state index is 0.407. The molecular weight excluding hydrogens is 148 g/mol. The molecule has 0 aromatic rings. The van der Waals surface area contributed by atoms with E-state index in [1.54, 1.807) is 0 Å². The molecule has 0 aromatic heterocycles. The van der Waals surface area contributed by atoms with Gasteiger partial charge in [0.25, 0.3) is 0 Å². The Balaban J connectivity index is 0. The zero-order valence-corrected chi connectivity index (χ0v) is 9.43. The Morgan fingerprint density at radius 1 is 1.08 bits per heavy atom. The third-order valence-corrected chi connectivity index (χ3v) is 2.06. The Morgan fingerprint density at radius 3 is 1.75 bits per heavy atom. The van der Waals surface area contributed by atoms with Crippen molar-refractivity contribution in [2.75, 3.05) is 6.61 Å². The highest BCUT2D eigenvalue weighted by molar-refractivity contribution is 4.71. The summed E-state index contributed by atoms with van der Waals surface area (Å²) >= 11 is 0. The van der Waals surface area contributed by atoms with Crippen molar-refractivity contribution >= 4 is 0 Å². The minimum atomic E-state index is 0.407. The van der Waals surface area contributed by atoms with E-state index in [1.807, 2.05) is 27.7 Å². The maximum Gasteiger partial charge on any atom is 0.0459 e. The van der Waals surface area contributed by atoms with Gasteiger partial charge in [-0.25, -0.2) is 0 Å². The largest absolute Gasteiger partial charge is 0.396 e. The van der Waals surface area contributed by atoms with Gasteiger partial charge in [0.1, 0.15) is 0 Å². The lowest BCUT2D eigenvalue weighted by atomic mass is 10.1. The highest BCUT2D eigenvalue weighted by atomic mass is 16.3. The van der Waals surface area contributed by atoms with Gasteiger partial charge in [-0.1, -0.05) is 41.0 Å². The van der Waals surface area contributed by atoms with E-state index in [1.165, 1.54) is 19.3 Å². The molecule has 0 aliphatic heterocycles. The van der Waals surface area contributed by atoms with Gasteiger partial charge in [-0.3, -0.25) is 0 Å². The summed E-state index contributed by atoms with van der Waals surface area (Å²) in [5.41, 5.74) is 0. The molecule has 76 valence electrons. The number of hydrogen-bond donors (Lipinski definition) is 1. The molecule has 1 saturated carbocycles. The van der Waals surface area contributed by atoms with Crippen molar-refractivity contribution in [2.24, 2.45) is 11.8 Å². The summed E-state index contributed by atoms with van der Waals surface area (Å²) in [6.45, 7) is 10.7. The van der Waals surface area contributed by atoms with E-state index in [2.05, 4.69) is 6.92 Å². The molecule has 1 N–H and O–H groups in total. The number of aliphatic hydroxyl groups is 1. The second-order valence-electron chi connectivity index (χ2n) is 2.97. The summed E-state index contributed by atoms with van der Waals surface area (Å²) in [7, 11) is 0. The molecule has 2 unspecified atom stereocenters. The summed E-state index contributed by atoms with van der Waals surface area (Å²) in [6, 6.07) is 0. The summed E-state index contributed by atoms with van der Waals surface area (Å²) in [5, 5.41) is 8.68. The lowest BCUT2D eigenvalue weighted by molar-refractivity contribution is 0.227. The normalized spacial score (nSPS) is 26.5. The SMILES string of the molecule is CC.CC.CC1CCC(CO)C1. The van der Waals surface area contributed by atoms with Crippen LogP contribution in [0, 0.1) is 11.8 Å². The molecule has 0 heterocycles. The molecule has 0 amide bonds. The van der Waals surface area contributed by atoms with Crippen molar-refractivity contribution in [3.8, 4) is 0 Å². The quantitative estimate of drug-likeness (QED) is 0.645. The zero-order chi connectivity index (χ0) is 9.98. The van der Waals surface area contributed by atoms with Crippen molar-refractivity contribution in [2.45, 2.75) is 53.9 Å². The van der Waals surface area contributed by atoms with E-state index in [0.29, 0.717) is 12.5 Å². The van der Waals surface area contributed by atoms with Crippen LogP contribution in [0.25, 0.3) is 0 Å². The molecule has 0 spiro atoms. The fourth-order valence-corrected chi connectivity index (χ4v) is 1.49. The number of hydrogen-bond acceptors (Lipinski definition) is 1. The van der Waals surface area contributed by atoms with Crippen LogP contribution in [0.3, 0.4) is 0 Å². The molecule has 0 aromatic carbocycles. The predicted octanol–water partition coefficient (Wildman–Crippen LogP) is 3.47. The van der Waals surface area contributed by atoms with Crippen LogP contribution in [0.1, 0.15) is 53.9 Å². The fourth-order valence-electron chi connectivity index (χ4n) is 1.49. The molecule has 1 rings (SSSR count). The van der Waals surface area contributed by atoms with Crippen LogP contribution < -0.4 is 0 Å². The second-order valence-corrected chi connectivity index (χ2v) is 2.97. The maximum atomic E-state index is 8.68. The second kappa shape index (κ2) is 11.0. The highest BCUT2D eigenvalue weighted by Crippen LogP contribution is 2.29. The van der Waals surface area contributed by atoms with Crippen LogP contribution in [-0.4, -0.2) is 11.7 Å². The highest BCUT2D eigenvalue weighted by Gasteiger charge is 2.19. The predicted molar refractivity (Wildman–Crippen MR) is 56.3 cm³/mol. The van der Waals surface area contributed by atoms with E-state index >= 15 is 0 Å². The summed E-state index contributed by atoms with van der Waals surface area (Å²) in [5.74, 6) is 1.50. The van der Waals surface area contributed by atoms with Crippen molar-refractivity contribution in [3.63, 3.8) is 0 Å². The monoisotopic (exact) mass is 174 g/mol. The topological polar surface area (TPSA) is 20.2 Å². The van der Waals surface area contributed by atoms with Gasteiger partial charge in [0, 0.05) is 6.61 Å². The van der Waals surface area contributed by atoms with Crippen LogP contribution in [0.5, 0.6) is 0 Å². The first kappa shape index (κ1) is 14.5. The first-order valence-electron chi connectivity index (χ1n) is 5.43. The van der Waals surface area contributed by atoms with Crippen LogP contribution >= 0.6 is 0 Å². The van der Waals surface area contributed by atoms with Gasteiger partial charge < -0.3 is 5.11 Å². The van der Waals surface area contributed by atoms with Crippen LogP contribution in [0.4, 0.5) is 0 Å². The Morgan fingerprint density at radius 2 is 1.58 bits per heavy atom. The molecule has 0 saturated heterocycles. The van der Waals surface area contributed by atoms with E-state index in [-0.39, 0.29) is 0 Å². The van der Waals surface area contributed by atoms with E-state index in [9.17, 15) is 0 Å². The van der Waals surface area contributed by atoms with Gasteiger partial charge in [0.15, 0.2) is 0 Å². The molecule has 0 radical (unpaired) electrons. The van der Waals surface area contributed by atoms with Gasteiger partial charge in [-0.2, -0.15) is 0 Å². The first-order valence-corrected chi connectivity index (χ1v) is 5.43. The molecule has 0 bridgehead atoms. The van der Waals surface area contributed by atoms with Gasteiger partial charge in [0.2, 0.25) is 0 Å². The fraction of sp³-hybridized carbons (Fsp3) is 1.00. The van der Waals surface area contributed by atoms with Gasteiger partial charge in [0.05, 0.1) is 0 Å². The molecule has 1 aliphatic carbocycles. The summed E-state index contributed by atoms with van der Waals surface area (Å²) in [4.78, 5) is 0. The third kappa shape index (κ3) is 6.66. The van der Waals surface area contributed by atoms with Crippen molar-refractivity contribution < 1.29 is 5.11 Å². The zero-order valence-electron chi connectivity index (χ0n) is 9.43. The van der Waals surface area contributed by atoms with Crippen molar-refractivity contribution in [1.29, 1.82) is 0 Å². The van der Waals surface area contributed by atoms with Crippen LogP contribution in [0.2, 0.25) is 0 Å². The Kier molecular flexibility index (Phi) is 13.2. The standard InChI is InChI=1S/C7H14O.2C2H6/c1-6-2-3-7(4-6)5-8;2*1-2/h6-8H,2-5H2,1H3;2*1-2H3. The summed E-state index contributed by atoms with van der Waals surface area (Å²) in [6.07, 6.45) is 3.82. The van der Waals surface area contributed by atoms with E-state index in [4.69, 9.17) is 5.11 Å². The maximum absolute atomic E-state index is 8.68. The van der Waals surface area contributed by atoms with Crippen LogP contribution in [-0.2, 0) is 0 Å². The molecular formula is C11H26O. The van der Waals surface area contributed by atoms with Crippen molar-refractivity contribution in [3.05, 3.63) is 0 Å². The van der Waals surface area contributed by atoms with Crippen LogP contribution in [0.15, 0.2) is 0 Å². The third-order valence-electron chi connectivity index (χ3n) is 2.06. The Hall–Kier alpha value is -0.0400. The van der Waals surface area contributed by atoms with E-state index in [0.717, 1.165) is 5.92 Å². The Bertz CT molecular complexity index is 71.4. The van der Waals surface area contributed by atoms with Crippen molar-refractivity contribution in [1.82, 2.24) is 0 Å². The van der Waals surface area contributed by atoms with Gasteiger partial charge in [-0.05, 0) is 24.7 Å². The Labute approximate surface area is 78.2 Å². The average Bonchev–Trinajstić information content (AvgIpc) is 2.58. The molecule has 2 atom stereocenters. The lowest BCUT2D eigenvalue weighted by Gasteiger charge is -2.01. The first-order chi connectivity index (χ1) is 5.83. The molecule has 1 heteroatoms. The molecule has 1 fully saturated rings. The minimum Gasteiger partial charge on any atom is -0.396 e. The average molecular weight is 174 g/mol. The van der Waals surface area contributed by atoms with E-state index < -0.39 is 0 Å². The van der Waals surface area contributed by atoms with Gasteiger partial charge >= 0.3 is 0 Å². The molecule has 12 heavy (non-hydrogen) atoms. The number of rotatable bonds is 1. The smallest absolute Gasteiger partial charge is 0.0459 e. The lowest BCUT2D eigenvalue weighted by Crippen LogP contribution is -1.99. The number of aliphatic hydroxyl groups excluding tert-OH is 1. The van der Waals surface area contributed by atoms with Gasteiger partial charge in [-0.15, -0.1) is 0 Å². The molecule has 1 nitrogen and oxygen atoms in total. The summed E-state index contributed by atoms with van der Waals surface area (Å²) < 4.78 is 0.